The lowest BCUT2D eigenvalue weighted by Gasteiger charge is -2.20. The van der Waals surface area contributed by atoms with Crippen LogP contribution in [0.25, 0.3) is 6.08 Å². The molecule has 0 fully saturated rings. The van der Waals surface area contributed by atoms with E-state index in [0.29, 0.717) is 15.6 Å². The number of amides is 2. The summed E-state index contributed by atoms with van der Waals surface area (Å²) in [5, 5.41) is 16.3. The first-order chi connectivity index (χ1) is 16.9. The summed E-state index contributed by atoms with van der Waals surface area (Å²) in [5.41, 5.74) is 5.31. The van der Waals surface area contributed by atoms with Gasteiger partial charge in [-0.25, -0.2) is 5.43 Å². The predicted octanol–water partition coefficient (Wildman–Crippen LogP) is 4.92. The number of anilines is 1. The molecule has 0 saturated carbocycles. The van der Waals surface area contributed by atoms with Gasteiger partial charge in [0.2, 0.25) is 0 Å². The van der Waals surface area contributed by atoms with Crippen molar-refractivity contribution in [3.8, 4) is 5.75 Å². The monoisotopic (exact) mass is 534 g/mol. The molecule has 0 aromatic heterocycles. The van der Waals surface area contributed by atoms with E-state index in [2.05, 4.69) is 50.5 Å². The summed E-state index contributed by atoms with van der Waals surface area (Å²) >= 11 is 3.37. The number of benzene rings is 3. The molecule has 0 aliphatic carbocycles. The molecule has 8 heteroatoms. The molecule has 3 rings (SSSR count). The maximum absolute atomic E-state index is 12.9. The van der Waals surface area contributed by atoms with Gasteiger partial charge in [-0.15, -0.1) is 0 Å². The standard InChI is InChI=1S/C27H27BrN4O3/c1-3-32(4-2)22-12-10-19(11-13-22)16-25(30-26(34)20-8-6-5-7-9-20)27(35)31-29-18-21-17-23(33)14-15-24(21)28/h5-18,33H,3-4H2,1-2H3,(H,30,34)(H,31,35)/b25-16-,29-18?. The van der Waals surface area contributed by atoms with Crippen molar-refractivity contribution in [3.05, 3.63) is 99.7 Å². The SMILES string of the molecule is CCN(CC)c1ccc(/C=C(\NC(=O)c2ccccc2)C(=O)NN=Cc2cc(O)ccc2Br)cc1. The Morgan fingerprint density at radius 1 is 1.00 bits per heavy atom. The Morgan fingerprint density at radius 3 is 2.34 bits per heavy atom. The molecule has 0 atom stereocenters. The van der Waals surface area contributed by atoms with Crippen molar-refractivity contribution in [1.29, 1.82) is 0 Å². The zero-order valence-corrected chi connectivity index (χ0v) is 21.1. The average molecular weight is 535 g/mol. The summed E-state index contributed by atoms with van der Waals surface area (Å²) in [4.78, 5) is 27.9. The molecule has 0 aliphatic heterocycles. The fraction of sp³-hybridized carbons (Fsp3) is 0.148. The van der Waals surface area contributed by atoms with E-state index in [1.54, 1.807) is 36.4 Å². The highest BCUT2D eigenvalue weighted by molar-refractivity contribution is 9.10. The third kappa shape index (κ3) is 7.28. The molecular weight excluding hydrogens is 508 g/mol. The smallest absolute Gasteiger partial charge is 0.287 e. The molecule has 3 aromatic rings. The van der Waals surface area contributed by atoms with Crippen molar-refractivity contribution in [2.24, 2.45) is 5.10 Å². The van der Waals surface area contributed by atoms with Crippen LogP contribution in [0, 0.1) is 0 Å². The quantitative estimate of drug-likeness (QED) is 0.206. The maximum Gasteiger partial charge on any atom is 0.287 e. The van der Waals surface area contributed by atoms with Crippen LogP contribution in [0.1, 0.15) is 35.3 Å². The lowest BCUT2D eigenvalue weighted by molar-refractivity contribution is -0.117. The van der Waals surface area contributed by atoms with Crippen molar-refractivity contribution < 1.29 is 14.7 Å². The number of carbonyl (C=O) groups is 2. The van der Waals surface area contributed by atoms with Gasteiger partial charge in [0.05, 0.1) is 6.21 Å². The molecule has 3 aromatic carbocycles. The van der Waals surface area contributed by atoms with Crippen molar-refractivity contribution in [1.82, 2.24) is 10.7 Å². The Bertz CT molecular complexity index is 1220. The average Bonchev–Trinajstić information content (AvgIpc) is 2.87. The Labute approximate surface area is 213 Å². The van der Waals surface area contributed by atoms with Gasteiger partial charge in [-0.3, -0.25) is 9.59 Å². The molecule has 0 radical (unpaired) electrons. The van der Waals surface area contributed by atoms with Gasteiger partial charge in [0, 0.05) is 34.4 Å². The number of hydrogen-bond acceptors (Lipinski definition) is 5. The van der Waals surface area contributed by atoms with Crippen LogP contribution < -0.4 is 15.6 Å². The van der Waals surface area contributed by atoms with E-state index < -0.39 is 11.8 Å². The van der Waals surface area contributed by atoms with Crippen LogP contribution in [-0.4, -0.2) is 36.2 Å². The lowest BCUT2D eigenvalue weighted by atomic mass is 10.1. The summed E-state index contributed by atoms with van der Waals surface area (Å²) in [6, 6.07) is 21.1. The van der Waals surface area contributed by atoms with Gasteiger partial charge >= 0.3 is 0 Å². The summed E-state index contributed by atoms with van der Waals surface area (Å²) in [7, 11) is 0. The lowest BCUT2D eigenvalue weighted by Crippen LogP contribution is -2.32. The van der Waals surface area contributed by atoms with E-state index in [0.717, 1.165) is 24.3 Å². The third-order valence-electron chi connectivity index (χ3n) is 5.21. The number of halogens is 1. The Balaban J connectivity index is 1.84. The number of hydrazone groups is 1. The molecule has 7 nitrogen and oxygen atoms in total. The third-order valence-corrected chi connectivity index (χ3v) is 5.93. The van der Waals surface area contributed by atoms with Gasteiger partial charge in [0.1, 0.15) is 11.4 Å². The molecule has 0 heterocycles. The topological polar surface area (TPSA) is 94.0 Å². The Hall–Kier alpha value is -3.91. The van der Waals surface area contributed by atoms with E-state index in [1.165, 1.54) is 18.3 Å². The van der Waals surface area contributed by atoms with Gasteiger partial charge in [-0.1, -0.05) is 46.3 Å². The van der Waals surface area contributed by atoms with Crippen molar-refractivity contribution >= 4 is 45.7 Å². The molecule has 0 aliphatic rings. The molecule has 0 saturated heterocycles. The minimum Gasteiger partial charge on any atom is -0.508 e. The van der Waals surface area contributed by atoms with E-state index in [-0.39, 0.29) is 11.4 Å². The predicted molar refractivity (Wildman–Crippen MR) is 143 cm³/mol. The second-order valence-corrected chi connectivity index (χ2v) is 8.40. The van der Waals surface area contributed by atoms with Gasteiger partial charge < -0.3 is 15.3 Å². The van der Waals surface area contributed by atoms with Crippen molar-refractivity contribution in [2.45, 2.75) is 13.8 Å². The molecule has 3 N–H and O–H groups in total. The zero-order chi connectivity index (χ0) is 25.2. The number of nitrogens with zero attached hydrogens (tertiary/aromatic N) is 2. The summed E-state index contributed by atoms with van der Waals surface area (Å²) in [6.45, 7) is 5.96. The highest BCUT2D eigenvalue weighted by Crippen LogP contribution is 2.20. The first-order valence-corrected chi connectivity index (χ1v) is 12.0. The van der Waals surface area contributed by atoms with Gasteiger partial charge in [-0.2, -0.15) is 5.10 Å². The summed E-state index contributed by atoms with van der Waals surface area (Å²) in [5.74, 6) is -0.925. The first-order valence-electron chi connectivity index (χ1n) is 11.2. The maximum atomic E-state index is 12.9. The number of nitrogens with one attached hydrogen (secondary N) is 2. The molecule has 0 unspecified atom stereocenters. The fourth-order valence-corrected chi connectivity index (χ4v) is 3.68. The largest absolute Gasteiger partial charge is 0.508 e. The highest BCUT2D eigenvalue weighted by Gasteiger charge is 2.14. The number of phenolic OH excluding ortho intramolecular Hbond substituents is 1. The Kier molecular flexibility index (Phi) is 9.20. The van der Waals surface area contributed by atoms with Gasteiger partial charge in [0.15, 0.2) is 0 Å². The van der Waals surface area contributed by atoms with Crippen molar-refractivity contribution in [3.63, 3.8) is 0 Å². The Morgan fingerprint density at radius 2 is 1.69 bits per heavy atom. The minimum absolute atomic E-state index is 0.0431. The van der Waals surface area contributed by atoms with Crippen LogP contribution in [0.15, 0.2) is 88.1 Å². The van der Waals surface area contributed by atoms with Crippen LogP contribution in [0.3, 0.4) is 0 Å². The molecule has 180 valence electrons. The number of aromatic hydroxyl groups is 1. The van der Waals surface area contributed by atoms with Gasteiger partial charge in [-0.05, 0) is 68.0 Å². The molecule has 0 bridgehead atoms. The minimum atomic E-state index is -0.588. The van der Waals surface area contributed by atoms with Crippen LogP contribution in [0.5, 0.6) is 5.75 Å². The van der Waals surface area contributed by atoms with E-state index in [4.69, 9.17) is 0 Å². The molecule has 2 amide bonds. The highest BCUT2D eigenvalue weighted by atomic mass is 79.9. The van der Waals surface area contributed by atoms with Crippen LogP contribution in [-0.2, 0) is 4.79 Å². The fourth-order valence-electron chi connectivity index (χ4n) is 3.33. The number of rotatable bonds is 9. The number of hydrogen-bond donors (Lipinski definition) is 3. The molecular formula is C27H27BrN4O3. The van der Waals surface area contributed by atoms with Crippen LogP contribution in [0.4, 0.5) is 5.69 Å². The summed E-state index contributed by atoms with van der Waals surface area (Å²) in [6.07, 6.45) is 3.00. The second-order valence-electron chi connectivity index (χ2n) is 7.55. The normalized spacial score (nSPS) is 11.3. The zero-order valence-electron chi connectivity index (χ0n) is 19.5. The van der Waals surface area contributed by atoms with E-state index in [1.807, 2.05) is 30.3 Å². The van der Waals surface area contributed by atoms with Gasteiger partial charge in [0.25, 0.3) is 11.8 Å². The van der Waals surface area contributed by atoms with E-state index in [9.17, 15) is 14.7 Å². The summed E-state index contributed by atoms with van der Waals surface area (Å²) < 4.78 is 0.703. The molecule has 35 heavy (non-hydrogen) atoms. The van der Waals surface area contributed by atoms with Crippen LogP contribution >= 0.6 is 15.9 Å². The van der Waals surface area contributed by atoms with E-state index >= 15 is 0 Å². The van der Waals surface area contributed by atoms with Crippen molar-refractivity contribution in [2.75, 3.05) is 18.0 Å². The molecule has 0 spiro atoms. The number of carbonyl (C=O) groups excluding carboxylic acids is 2. The first kappa shape index (κ1) is 25.7. The number of phenols is 1. The van der Waals surface area contributed by atoms with Crippen LogP contribution in [0.2, 0.25) is 0 Å². The second kappa shape index (κ2) is 12.5.